The number of likely N-dealkylation sites (N-methyl/N-ethyl adjacent to an activating group) is 1. The maximum atomic E-state index is 12.9. The number of para-hydroxylation sites is 1. The molecule has 1 fully saturated rings. The van der Waals surface area contributed by atoms with Crippen LogP contribution in [0.5, 0.6) is 5.75 Å². The summed E-state index contributed by atoms with van der Waals surface area (Å²) in [6, 6.07) is 16.8. The van der Waals surface area contributed by atoms with Crippen LogP contribution in [0.2, 0.25) is 0 Å². The van der Waals surface area contributed by atoms with Crippen LogP contribution in [0.1, 0.15) is 49.3 Å². The van der Waals surface area contributed by atoms with Crippen LogP contribution in [0, 0.1) is 0 Å². The van der Waals surface area contributed by atoms with Gasteiger partial charge in [0.1, 0.15) is 11.0 Å². The number of fused-ring (bicyclic) bond motifs is 1. The van der Waals surface area contributed by atoms with Crippen LogP contribution in [0.4, 0.5) is 5.69 Å². The lowest BCUT2D eigenvalue weighted by Gasteiger charge is -2.34. The third kappa shape index (κ3) is 5.48. The van der Waals surface area contributed by atoms with E-state index in [1.807, 2.05) is 49.5 Å². The number of ether oxygens (including phenoxy) is 1. The first kappa shape index (κ1) is 23.1. The molecule has 2 aliphatic rings. The molecule has 0 saturated heterocycles. The minimum absolute atomic E-state index is 0.116. The number of anilines is 1. The van der Waals surface area contributed by atoms with E-state index in [0.29, 0.717) is 12.6 Å². The fraction of sp³-hybridized carbons (Fsp3) is 0.500. The summed E-state index contributed by atoms with van der Waals surface area (Å²) in [5.41, 5.74) is 7.85. The second-order valence-electron chi connectivity index (χ2n) is 8.75. The molecule has 1 unspecified atom stereocenters. The van der Waals surface area contributed by atoms with Crippen LogP contribution in [-0.4, -0.2) is 50.1 Å². The molecule has 1 saturated carbocycles. The van der Waals surface area contributed by atoms with E-state index in [1.165, 1.54) is 32.1 Å². The second kappa shape index (κ2) is 11.2. The highest BCUT2D eigenvalue weighted by Gasteiger charge is 2.32. The lowest BCUT2D eigenvalue weighted by atomic mass is 9.94. The van der Waals surface area contributed by atoms with E-state index in [9.17, 15) is 4.79 Å². The van der Waals surface area contributed by atoms with E-state index in [0.717, 1.165) is 48.0 Å². The van der Waals surface area contributed by atoms with Crippen LogP contribution in [0.25, 0.3) is 0 Å². The van der Waals surface area contributed by atoms with Crippen molar-refractivity contribution in [2.24, 2.45) is 5.73 Å². The maximum absolute atomic E-state index is 12.9. The molecule has 6 heteroatoms. The number of benzene rings is 2. The van der Waals surface area contributed by atoms with Crippen molar-refractivity contribution in [3.63, 3.8) is 0 Å². The summed E-state index contributed by atoms with van der Waals surface area (Å²) in [5.74, 6) is 0.976. The van der Waals surface area contributed by atoms with Crippen LogP contribution >= 0.6 is 11.8 Å². The van der Waals surface area contributed by atoms with Crippen LogP contribution in [-0.2, 0) is 4.79 Å². The Kier molecular flexibility index (Phi) is 8.11. The molecule has 2 aromatic rings. The predicted molar refractivity (Wildman–Crippen MR) is 133 cm³/mol. The Hall–Kier alpha value is -2.02. The largest absolute Gasteiger partial charge is 0.494 e. The molecule has 5 nitrogen and oxygen atoms in total. The summed E-state index contributed by atoms with van der Waals surface area (Å²) in [5, 5.41) is -0.218. The molecule has 1 atom stereocenters. The number of hydrogen-bond donors (Lipinski definition) is 1. The normalized spacial score (nSPS) is 19.3. The van der Waals surface area contributed by atoms with Gasteiger partial charge < -0.3 is 15.4 Å². The first-order valence-corrected chi connectivity index (χ1v) is 12.8. The van der Waals surface area contributed by atoms with Crippen LogP contribution < -0.4 is 15.4 Å². The molecule has 172 valence electrons. The minimum atomic E-state index is -0.218. The molecular weight excluding hydrogens is 418 g/mol. The van der Waals surface area contributed by atoms with Gasteiger partial charge in [0, 0.05) is 37.6 Å². The number of hydrogen-bond acceptors (Lipinski definition) is 5. The first-order valence-electron chi connectivity index (χ1n) is 11.9. The average molecular weight is 454 g/mol. The van der Waals surface area contributed by atoms with Gasteiger partial charge >= 0.3 is 0 Å². The molecule has 2 aromatic carbocycles. The number of nitrogens with two attached hydrogens (primary N) is 1. The van der Waals surface area contributed by atoms with Crippen molar-refractivity contribution in [2.45, 2.75) is 54.7 Å². The lowest BCUT2D eigenvalue weighted by molar-refractivity contribution is -0.118. The van der Waals surface area contributed by atoms with E-state index in [-0.39, 0.29) is 11.2 Å². The zero-order chi connectivity index (χ0) is 22.3. The zero-order valence-corrected chi connectivity index (χ0v) is 19.9. The second-order valence-corrected chi connectivity index (χ2v) is 9.90. The SMILES string of the molecule is CN1C(=O)C(c2ccc(OCCCN(CCN)C3CCCCC3)cc2)Sc2ccccc21. The predicted octanol–water partition coefficient (Wildman–Crippen LogP) is 4.86. The quantitative estimate of drug-likeness (QED) is 0.550. The fourth-order valence-electron chi connectivity index (χ4n) is 4.80. The Balaban J connectivity index is 1.29. The highest BCUT2D eigenvalue weighted by molar-refractivity contribution is 8.00. The molecule has 32 heavy (non-hydrogen) atoms. The van der Waals surface area contributed by atoms with Crippen molar-refractivity contribution >= 4 is 23.4 Å². The van der Waals surface area contributed by atoms with Crippen molar-refractivity contribution in [3.8, 4) is 5.75 Å². The average Bonchev–Trinajstić information content (AvgIpc) is 2.84. The van der Waals surface area contributed by atoms with Crippen molar-refractivity contribution in [1.29, 1.82) is 0 Å². The van der Waals surface area contributed by atoms with Gasteiger partial charge in [-0.3, -0.25) is 9.69 Å². The van der Waals surface area contributed by atoms with Crippen LogP contribution in [0.3, 0.4) is 0 Å². The van der Waals surface area contributed by atoms with Crippen molar-refractivity contribution < 1.29 is 9.53 Å². The fourth-order valence-corrected chi connectivity index (χ4v) is 6.09. The molecule has 1 aliphatic carbocycles. The number of amides is 1. The Bertz CT molecular complexity index is 883. The monoisotopic (exact) mass is 453 g/mol. The third-order valence-electron chi connectivity index (χ3n) is 6.57. The van der Waals surface area contributed by atoms with E-state index in [4.69, 9.17) is 10.5 Å². The topological polar surface area (TPSA) is 58.8 Å². The molecule has 0 spiro atoms. The van der Waals surface area contributed by atoms with Crippen LogP contribution in [0.15, 0.2) is 53.4 Å². The number of rotatable bonds is 9. The molecule has 0 radical (unpaired) electrons. The molecule has 1 amide bonds. The molecule has 0 aromatic heterocycles. The van der Waals surface area contributed by atoms with Gasteiger partial charge in [-0.1, -0.05) is 43.5 Å². The van der Waals surface area contributed by atoms with Crippen molar-refractivity contribution in [3.05, 3.63) is 54.1 Å². The Morgan fingerprint density at radius 1 is 1.06 bits per heavy atom. The first-order chi connectivity index (χ1) is 15.7. The van der Waals surface area contributed by atoms with E-state index in [2.05, 4.69) is 11.0 Å². The minimum Gasteiger partial charge on any atom is -0.494 e. The summed E-state index contributed by atoms with van der Waals surface area (Å²) < 4.78 is 6.01. The highest BCUT2D eigenvalue weighted by Crippen LogP contribution is 2.45. The Morgan fingerprint density at radius 3 is 2.56 bits per heavy atom. The Labute approximate surface area is 196 Å². The molecular formula is C26H35N3O2S. The van der Waals surface area contributed by atoms with E-state index < -0.39 is 0 Å². The van der Waals surface area contributed by atoms with Gasteiger partial charge in [0.2, 0.25) is 5.91 Å². The molecule has 2 N–H and O–H groups in total. The van der Waals surface area contributed by atoms with Gasteiger partial charge in [0.05, 0.1) is 12.3 Å². The van der Waals surface area contributed by atoms with Gasteiger partial charge in [-0.05, 0) is 49.1 Å². The van der Waals surface area contributed by atoms with Gasteiger partial charge in [-0.2, -0.15) is 0 Å². The smallest absolute Gasteiger partial charge is 0.244 e. The molecule has 4 rings (SSSR count). The van der Waals surface area contributed by atoms with E-state index in [1.54, 1.807) is 16.7 Å². The number of thioether (sulfide) groups is 1. The van der Waals surface area contributed by atoms with Crippen molar-refractivity contribution in [2.75, 3.05) is 38.2 Å². The summed E-state index contributed by atoms with van der Waals surface area (Å²) in [7, 11) is 1.85. The van der Waals surface area contributed by atoms with E-state index >= 15 is 0 Å². The van der Waals surface area contributed by atoms with Gasteiger partial charge in [-0.25, -0.2) is 0 Å². The summed E-state index contributed by atoms with van der Waals surface area (Å²) in [4.78, 5) is 18.4. The van der Waals surface area contributed by atoms with Gasteiger partial charge in [-0.15, -0.1) is 11.8 Å². The third-order valence-corrected chi connectivity index (χ3v) is 7.88. The van der Waals surface area contributed by atoms with Gasteiger partial charge in [0.25, 0.3) is 0 Å². The maximum Gasteiger partial charge on any atom is 0.244 e. The molecule has 1 aliphatic heterocycles. The number of carbonyl (C=O) groups excluding carboxylic acids is 1. The lowest BCUT2D eigenvalue weighted by Crippen LogP contribution is -2.41. The Morgan fingerprint density at radius 2 is 1.81 bits per heavy atom. The summed E-state index contributed by atoms with van der Waals surface area (Å²) >= 11 is 1.62. The number of nitrogens with zero attached hydrogens (tertiary/aromatic N) is 2. The standard InChI is InChI=1S/C26H35N3O2S/c1-28-23-10-5-6-11-24(23)32-25(26(28)30)20-12-14-22(15-13-20)31-19-7-17-29(18-16-27)21-8-3-2-4-9-21/h5-6,10-15,21,25H,2-4,7-9,16-19,27H2,1H3. The highest BCUT2D eigenvalue weighted by atomic mass is 32.2. The summed E-state index contributed by atoms with van der Waals surface area (Å²) in [6.45, 7) is 3.43. The van der Waals surface area contributed by atoms with Gasteiger partial charge in [0.15, 0.2) is 0 Å². The number of carbonyl (C=O) groups is 1. The van der Waals surface area contributed by atoms with Crippen molar-refractivity contribution in [1.82, 2.24) is 4.90 Å². The molecule has 0 bridgehead atoms. The summed E-state index contributed by atoms with van der Waals surface area (Å²) in [6.07, 6.45) is 7.67. The zero-order valence-electron chi connectivity index (χ0n) is 19.0. The molecule has 1 heterocycles.